The van der Waals surface area contributed by atoms with Crippen LogP contribution in [0.4, 0.5) is 0 Å². The number of halogens is 3. The van der Waals surface area contributed by atoms with Crippen LogP contribution in [0.15, 0.2) is 74.1 Å². The van der Waals surface area contributed by atoms with E-state index in [1.165, 1.54) is 5.56 Å². The molecule has 5 heteroatoms. The summed E-state index contributed by atoms with van der Waals surface area (Å²) in [6, 6.07) is 22.1. The highest BCUT2D eigenvalue weighted by Gasteiger charge is 2.10. The number of nitriles is 1. The fraction of sp³-hybridized carbons (Fsp3) is 0.0870. The van der Waals surface area contributed by atoms with Crippen molar-refractivity contribution in [3.05, 3.63) is 96.3 Å². The summed E-state index contributed by atoms with van der Waals surface area (Å²) >= 11 is 10.6. The van der Waals surface area contributed by atoms with E-state index in [4.69, 9.17) is 4.74 Å². The second-order valence-corrected chi connectivity index (χ2v) is 8.89. The van der Waals surface area contributed by atoms with Gasteiger partial charge in [0.05, 0.1) is 20.6 Å². The van der Waals surface area contributed by atoms with Crippen molar-refractivity contribution >= 4 is 59.4 Å². The molecule has 0 atom stereocenters. The van der Waals surface area contributed by atoms with E-state index in [1.807, 2.05) is 42.5 Å². The Balaban J connectivity index is 1.83. The first-order valence-corrected chi connectivity index (χ1v) is 10.9. The number of nitrogens with zero attached hydrogens (tertiary/aromatic N) is 1. The van der Waals surface area contributed by atoms with Crippen LogP contribution in [0.2, 0.25) is 0 Å². The Kier molecular flexibility index (Phi) is 7.12. The van der Waals surface area contributed by atoms with Gasteiger partial charge in [-0.15, -0.1) is 0 Å². The van der Waals surface area contributed by atoms with E-state index in [0.29, 0.717) is 12.2 Å². The lowest BCUT2D eigenvalue weighted by Crippen LogP contribution is -1.97. The summed E-state index contributed by atoms with van der Waals surface area (Å²) in [7, 11) is 0. The minimum atomic E-state index is 0.481. The SMILES string of the molecule is Cc1ccc(COc2c(Br)cc(/C=C(\C#N)c3ccc(Br)cc3)cc2Br)cc1. The maximum absolute atomic E-state index is 9.55. The van der Waals surface area contributed by atoms with Crippen LogP contribution in [0.1, 0.15) is 22.3 Å². The topological polar surface area (TPSA) is 33.0 Å². The molecule has 0 radical (unpaired) electrons. The van der Waals surface area contributed by atoms with Crippen LogP contribution in [-0.4, -0.2) is 0 Å². The molecule has 0 unspecified atom stereocenters. The zero-order valence-corrected chi connectivity index (χ0v) is 19.8. The highest BCUT2D eigenvalue weighted by molar-refractivity contribution is 9.11. The van der Waals surface area contributed by atoms with Crippen molar-refractivity contribution in [2.24, 2.45) is 0 Å². The minimum Gasteiger partial charge on any atom is -0.487 e. The van der Waals surface area contributed by atoms with E-state index in [1.54, 1.807) is 0 Å². The molecule has 3 aromatic rings. The fourth-order valence-electron chi connectivity index (χ4n) is 2.62. The van der Waals surface area contributed by atoms with Gasteiger partial charge in [-0.25, -0.2) is 0 Å². The van der Waals surface area contributed by atoms with Gasteiger partial charge in [-0.2, -0.15) is 5.26 Å². The predicted octanol–water partition coefficient (Wildman–Crippen LogP) is 7.93. The molecule has 0 heterocycles. The highest BCUT2D eigenvalue weighted by Crippen LogP contribution is 2.36. The first-order valence-electron chi connectivity index (χ1n) is 8.51. The van der Waals surface area contributed by atoms with E-state index in [-0.39, 0.29) is 0 Å². The number of rotatable bonds is 5. The van der Waals surface area contributed by atoms with Gasteiger partial charge in [-0.1, -0.05) is 57.9 Å². The molecule has 0 amide bonds. The van der Waals surface area contributed by atoms with E-state index >= 15 is 0 Å². The molecular formula is C23H16Br3NO. The molecule has 140 valence electrons. The first kappa shape index (κ1) is 20.9. The summed E-state index contributed by atoms with van der Waals surface area (Å²) in [6.45, 7) is 2.54. The number of ether oxygens (including phenoxy) is 1. The molecular weight excluding hydrogens is 546 g/mol. The number of hydrogen-bond acceptors (Lipinski definition) is 2. The van der Waals surface area contributed by atoms with Crippen LogP contribution in [-0.2, 0) is 6.61 Å². The van der Waals surface area contributed by atoms with Gasteiger partial charge in [0.1, 0.15) is 12.4 Å². The monoisotopic (exact) mass is 559 g/mol. The van der Waals surface area contributed by atoms with Crippen molar-refractivity contribution in [2.75, 3.05) is 0 Å². The molecule has 2 nitrogen and oxygen atoms in total. The number of benzene rings is 3. The van der Waals surface area contributed by atoms with Crippen molar-refractivity contribution < 1.29 is 4.74 Å². The summed E-state index contributed by atoms with van der Waals surface area (Å²) < 4.78 is 8.63. The normalized spacial score (nSPS) is 11.2. The summed E-state index contributed by atoms with van der Waals surface area (Å²) in [5, 5.41) is 9.55. The summed E-state index contributed by atoms with van der Waals surface area (Å²) in [5.41, 5.74) is 4.70. The molecule has 0 saturated heterocycles. The highest BCUT2D eigenvalue weighted by atomic mass is 79.9. The summed E-state index contributed by atoms with van der Waals surface area (Å²) in [6.07, 6.45) is 1.86. The molecule has 0 aliphatic carbocycles. The lowest BCUT2D eigenvalue weighted by molar-refractivity contribution is 0.302. The molecule has 28 heavy (non-hydrogen) atoms. The Morgan fingerprint density at radius 3 is 2.14 bits per heavy atom. The van der Waals surface area contributed by atoms with Gasteiger partial charge in [-0.05, 0) is 85.8 Å². The molecule has 0 aromatic heterocycles. The predicted molar refractivity (Wildman–Crippen MR) is 125 cm³/mol. The van der Waals surface area contributed by atoms with Crippen molar-refractivity contribution in [2.45, 2.75) is 13.5 Å². The maximum atomic E-state index is 9.55. The van der Waals surface area contributed by atoms with Crippen LogP contribution in [0.25, 0.3) is 11.6 Å². The van der Waals surface area contributed by atoms with Crippen molar-refractivity contribution in [1.82, 2.24) is 0 Å². The Labute approximate surface area is 190 Å². The van der Waals surface area contributed by atoms with Crippen LogP contribution < -0.4 is 4.74 Å². The molecule has 0 bridgehead atoms. The zero-order valence-electron chi connectivity index (χ0n) is 15.0. The first-order chi connectivity index (χ1) is 13.5. The maximum Gasteiger partial charge on any atom is 0.148 e. The Bertz CT molecular complexity index is 1030. The molecule has 0 fully saturated rings. The van der Waals surface area contributed by atoms with E-state index in [2.05, 4.69) is 85.0 Å². The quantitative estimate of drug-likeness (QED) is 0.234. The van der Waals surface area contributed by atoms with Crippen molar-refractivity contribution in [3.63, 3.8) is 0 Å². The molecule has 3 aromatic carbocycles. The standard InChI is InChI=1S/C23H16Br3NO/c1-15-2-4-16(5-3-15)14-28-23-21(25)11-17(12-22(23)26)10-19(13-27)18-6-8-20(24)9-7-18/h2-12H,14H2,1H3/b19-10+. The molecule has 0 aliphatic rings. The molecule has 0 aliphatic heterocycles. The van der Waals surface area contributed by atoms with Gasteiger partial charge in [0, 0.05) is 4.47 Å². The number of hydrogen-bond donors (Lipinski definition) is 0. The van der Waals surface area contributed by atoms with Gasteiger partial charge < -0.3 is 4.74 Å². The van der Waals surface area contributed by atoms with Gasteiger partial charge >= 0.3 is 0 Å². The molecule has 0 spiro atoms. The second kappa shape index (κ2) is 9.56. The van der Waals surface area contributed by atoms with Gasteiger partial charge in [-0.3, -0.25) is 0 Å². The average Bonchev–Trinajstić information content (AvgIpc) is 2.67. The smallest absolute Gasteiger partial charge is 0.148 e. The third kappa shape index (κ3) is 5.35. The Hall–Kier alpha value is -1.87. The lowest BCUT2D eigenvalue weighted by atomic mass is 10.0. The Morgan fingerprint density at radius 2 is 1.57 bits per heavy atom. The average molecular weight is 562 g/mol. The number of aryl methyl sites for hydroxylation is 1. The fourth-order valence-corrected chi connectivity index (χ4v) is 4.33. The van der Waals surface area contributed by atoms with Gasteiger partial charge in [0.15, 0.2) is 0 Å². The lowest BCUT2D eigenvalue weighted by Gasteiger charge is -2.12. The summed E-state index contributed by atoms with van der Waals surface area (Å²) in [5.74, 6) is 0.736. The third-order valence-electron chi connectivity index (χ3n) is 4.11. The van der Waals surface area contributed by atoms with Crippen LogP contribution >= 0.6 is 47.8 Å². The largest absolute Gasteiger partial charge is 0.487 e. The van der Waals surface area contributed by atoms with Gasteiger partial charge in [0.2, 0.25) is 0 Å². The molecule has 3 rings (SSSR count). The van der Waals surface area contributed by atoms with E-state index in [9.17, 15) is 5.26 Å². The number of allylic oxidation sites excluding steroid dienone is 1. The van der Waals surface area contributed by atoms with Crippen molar-refractivity contribution in [1.29, 1.82) is 5.26 Å². The van der Waals surface area contributed by atoms with Crippen LogP contribution in [0, 0.1) is 18.3 Å². The van der Waals surface area contributed by atoms with Crippen LogP contribution in [0.3, 0.4) is 0 Å². The van der Waals surface area contributed by atoms with Gasteiger partial charge in [0.25, 0.3) is 0 Å². The summed E-state index contributed by atoms with van der Waals surface area (Å²) in [4.78, 5) is 0. The molecule has 0 saturated carbocycles. The third-order valence-corrected chi connectivity index (χ3v) is 5.82. The zero-order chi connectivity index (χ0) is 20.1. The van der Waals surface area contributed by atoms with E-state index in [0.717, 1.165) is 35.9 Å². The van der Waals surface area contributed by atoms with Crippen LogP contribution in [0.5, 0.6) is 5.75 Å². The second-order valence-electron chi connectivity index (χ2n) is 6.26. The Morgan fingerprint density at radius 1 is 0.964 bits per heavy atom. The van der Waals surface area contributed by atoms with Crippen molar-refractivity contribution in [3.8, 4) is 11.8 Å². The molecule has 0 N–H and O–H groups in total. The minimum absolute atomic E-state index is 0.481. The van der Waals surface area contributed by atoms with E-state index < -0.39 is 0 Å².